The summed E-state index contributed by atoms with van der Waals surface area (Å²) in [5, 5.41) is 3.99. The van der Waals surface area contributed by atoms with Gasteiger partial charge in [-0.25, -0.2) is 0 Å². The Morgan fingerprint density at radius 3 is 3.11 bits per heavy atom. The van der Waals surface area contributed by atoms with Gasteiger partial charge in [-0.1, -0.05) is 12.1 Å². The van der Waals surface area contributed by atoms with Crippen LogP contribution in [0.3, 0.4) is 0 Å². The SMILES string of the molecule is [2H]Oc1c([2H])c([2H])c([2H])c([2H])c1C=O. The van der Waals surface area contributed by atoms with E-state index in [0.717, 1.165) is 0 Å². The third kappa shape index (κ3) is 1.08. The molecule has 0 saturated heterocycles. The second kappa shape index (κ2) is 2.31. The van der Waals surface area contributed by atoms with Gasteiger partial charge < -0.3 is 5.11 Å². The van der Waals surface area contributed by atoms with Crippen molar-refractivity contribution in [2.45, 2.75) is 0 Å². The molecule has 0 aliphatic rings. The number of aldehydes is 1. The summed E-state index contributed by atoms with van der Waals surface area (Å²) in [4.78, 5) is 10.5. The Bertz CT molecular complexity index is 390. The van der Waals surface area contributed by atoms with Crippen molar-refractivity contribution in [2.75, 3.05) is 0 Å². The summed E-state index contributed by atoms with van der Waals surface area (Å²) in [6.07, 6.45) is 0.238. The van der Waals surface area contributed by atoms with E-state index in [0.29, 0.717) is 0 Å². The van der Waals surface area contributed by atoms with Crippen LogP contribution >= 0.6 is 0 Å². The highest BCUT2D eigenvalue weighted by atomic mass is 16.3. The first-order chi connectivity index (χ1) is 6.54. The van der Waals surface area contributed by atoms with E-state index >= 15 is 0 Å². The molecule has 0 atom stereocenters. The molecule has 1 N–H and O–H groups in total. The van der Waals surface area contributed by atoms with Gasteiger partial charge in [-0.05, 0) is 12.1 Å². The van der Waals surface area contributed by atoms with Gasteiger partial charge in [0, 0.05) is 0 Å². The summed E-state index contributed by atoms with van der Waals surface area (Å²) < 4.78 is 35.6. The summed E-state index contributed by atoms with van der Waals surface area (Å²) >= 11 is 0. The van der Waals surface area contributed by atoms with E-state index < -0.39 is 29.9 Å². The fourth-order valence-electron chi connectivity index (χ4n) is 0.394. The normalized spacial score (nSPS) is 16.2. The molecule has 0 unspecified atom stereocenters. The molecule has 1 rings (SSSR count). The molecule has 2 nitrogen and oxygen atoms in total. The zero-order chi connectivity index (χ0) is 10.9. The molecule has 0 heterocycles. The molecular weight excluding hydrogens is 116 g/mol. The van der Waals surface area contributed by atoms with Gasteiger partial charge in [0.1, 0.15) is 5.75 Å². The van der Waals surface area contributed by atoms with E-state index in [9.17, 15) is 4.79 Å². The Morgan fingerprint density at radius 1 is 1.67 bits per heavy atom. The van der Waals surface area contributed by atoms with Crippen molar-refractivity contribution in [1.29, 1.82) is 1.43 Å². The Hall–Kier alpha value is -1.31. The van der Waals surface area contributed by atoms with E-state index in [1.165, 1.54) is 0 Å². The van der Waals surface area contributed by atoms with Crippen LogP contribution in [0.5, 0.6) is 5.75 Å². The fraction of sp³-hybridized carbons (Fsp3) is 0. The number of aromatic hydroxyl groups is 1. The zero-order valence-corrected chi connectivity index (χ0v) is 4.39. The Kier molecular flexibility index (Phi) is 0.548. The van der Waals surface area contributed by atoms with Gasteiger partial charge in [0.15, 0.2) is 6.29 Å². The molecule has 0 aromatic heterocycles. The van der Waals surface area contributed by atoms with Crippen LogP contribution in [0.15, 0.2) is 24.2 Å². The maximum absolute atomic E-state index is 10.5. The third-order valence-electron chi connectivity index (χ3n) is 0.798. The standard InChI is InChI=1S/C7H6O2/c8-5-6-3-1-2-4-7(6)9/h1-5,9H/i1D,2D,3D,4D/hD. The van der Waals surface area contributed by atoms with Crippen LogP contribution in [0.2, 0.25) is 0 Å². The lowest BCUT2D eigenvalue weighted by atomic mass is 10.2. The Balaban J connectivity index is 3.65. The fourth-order valence-corrected chi connectivity index (χ4v) is 0.394. The lowest BCUT2D eigenvalue weighted by Crippen LogP contribution is -1.77. The van der Waals surface area contributed by atoms with Crippen LogP contribution in [0.1, 0.15) is 15.8 Å². The lowest BCUT2D eigenvalue weighted by molar-refractivity contribution is 0.112. The molecule has 0 aliphatic heterocycles. The predicted molar refractivity (Wildman–Crippen MR) is 33.5 cm³/mol. The van der Waals surface area contributed by atoms with Crippen LogP contribution in [0.4, 0.5) is 0 Å². The first-order valence-corrected chi connectivity index (χ1v) is 2.23. The number of carbonyl (C=O) groups excluding carboxylic acids is 1. The highest BCUT2D eigenvalue weighted by Gasteiger charge is 1.93. The predicted octanol–water partition coefficient (Wildman–Crippen LogP) is 1.20. The van der Waals surface area contributed by atoms with Crippen LogP contribution in [-0.4, -0.2) is 12.8 Å². The highest BCUT2D eigenvalue weighted by Crippen LogP contribution is 2.11. The van der Waals surface area contributed by atoms with Crippen molar-refractivity contribution < 1.29 is 15.4 Å². The van der Waals surface area contributed by atoms with Crippen molar-refractivity contribution in [3.63, 3.8) is 0 Å². The molecule has 1 aromatic carbocycles. The molecule has 0 spiro atoms. The van der Waals surface area contributed by atoms with Crippen molar-refractivity contribution in [3.05, 3.63) is 29.7 Å². The second-order valence-corrected chi connectivity index (χ2v) is 1.36. The first-order valence-electron chi connectivity index (χ1n) is 4.64. The van der Waals surface area contributed by atoms with Gasteiger partial charge in [-0.3, -0.25) is 4.79 Å². The molecule has 0 aliphatic carbocycles. The molecule has 46 valence electrons. The van der Waals surface area contributed by atoms with Gasteiger partial charge in [-0.2, -0.15) is 0 Å². The van der Waals surface area contributed by atoms with Crippen molar-refractivity contribution in [1.82, 2.24) is 0 Å². The molecule has 2 heteroatoms. The topological polar surface area (TPSA) is 37.3 Å². The third-order valence-corrected chi connectivity index (χ3v) is 0.798. The number of benzene rings is 1. The van der Waals surface area contributed by atoms with Gasteiger partial charge in [-0.15, -0.1) is 0 Å². The molecular formula is C7H6O2. The average molecular weight is 127 g/mol. The minimum atomic E-state index is -0.525. The maximum Gasteiger partial charge on any atom is 0.293 e. The van der Waals surface area contributed by atoms with Crippen molar-refractivity contribution in [2.24, 2.45) is 0 Å². The van der Waals surface area contributed by atoms with Crippen LogP contribution < -0.4 is 0 Å². The molecule has 0 saturated carbocycles. The van der Waals surface area contributed by atoms with E-state index in [1.807, 2.05) is 0 Å². The number of phenols is 1. The number of phenolic OH excluding ortho intramolecular Hbond substituents is 1. The quantitative estimate of drug-likeness (QED) is 0.606. The van der Waals surface area contributed by atoms with Crippen molar-refractivity contribution >= 4 is 6.29 Å². The zero-order valence-electron chi connectivity index (χ0n) is 9.39. The lowest BCUT2D eigenvalue weighted by Gasteiger charge is -1.91. The average Bonchev–Trinajstić information content (AvgIpc) is 2.20. The van der Waals surface area contributed by atoms with Crippen LogP contribution in [0.25, 0.3) is 0 Å². The molecule has 0 amide bonds. The molecule has 0 fully saturated rings. The first kappa shape index (κ1) is 2.14. The summed E-state index contributed by atoms with van der Waals surface area (Å²) in [5.41, 5.74) is -0.342. The van der Waals surface area contributed by atoms with E-state index in [2.05, 4.69) is 5.11 Å². The van der Waals surface area contributed by atoms with Crippen LogP contribution in [0, 0.1) is 0 Å². The molecule has 0 radical (unpaired) electrons. The number of para-hydroxylation sites is 1. The molecule has 1 aromatic rings. The van der Waals surface area contributed by atoms with Gasteiger partial charge >= 0.3 is 0 Å². The largest absolute Gasteiger partial charge is 0.507 e. The van der Waals surface area contributed by atoms with Gasteiger partial charge in [0.05, 0.1) is 11.0 Å². The van der Waals surface area contributed by atoms with Crippen LogP contribution in [-0.2, 0) is 0 Å². The number of hydrogen-bond acceptors (Lipinski definition) is 2. The number of carbonyl (C=O) groups is 1. The summed E-state index contributed by atoms with van der Waals surface area (Å²) in [7, 11) is 0. The van der Waals surface area contributed by atoms with Crippen molar-refractivity contribution in [3.8, 4) is 5.75 Å². The Morgan fingerprint density at radius 2 is 2.44 bits per heavy atom. The number of rotatable bonds is 2. The van der Waals surface area contributed by atoms with E-state index in [1.54, 1.807) is 0 Å². The molecule has 0 bridgehead atoms. The second-order valence-electron chi connectivity index (χ2n) is 1.36. The van der Waals surface area contributed by atoms with Gasteiger partial charge in [0.2, 0.25) is 0 Å². The minimum absolute atomic E-state index is 0.238. The van der Waals surface area contributed by atoms with Gasteiger partial charge in [0.25, 0.3) is 1.43 Å². The number of hydrogen-bond donors (Lipinski definition) is 1. The van der Waals surface area contributed by atoms with E-state index in [4.69, 9.17) is 6.91 Å². The van der Waals surface area contributed by atoms with E-state index in [-0.39, 0.29) is 11.8 Å². The smallest absolute Gasteiger partial charge is 0.293 e. The molecule has 9 heavy (non-hydrogen) atoms. The summed E-state index contributed by atoms with van der Waals surface area (Å²) in [5.74, 6) is -0.453. The minimum Gasteiger partial charge on any atom is -0.507 e. The summed E-state index contributed by atoms with van der Waals surface area (Å²) in [6, 6.07) is -2.06. The maximum atomic E-state index is 10.5. The highest BCUT2D eigenvalue weighted by molar-refractivity contribution is 5.78. The monoisotopic (exact) mass is 127 g/mol. The Labute approximate surface area is 59.9 Å². The summed E-state index contributed by atoms with van der Waals surface area (Å²) in [6.45, 7) is 0.